The topological polar surface area (TPSA) is 69.6 Å². The monoisotopic (exact) mass is 270 g/mol. The number of hydrogen-bond acceptors (Lipinski definition) is 2. The molecule has 1 aliphatic rings. The van der Waals surface area contributed by atoms with Crippen LogP contribution in [0.1, 0.15) is 52.9 Å². The maximum absolute atomic E-state index is 12.2. The minimum Gasteiger partial charge on any atom is -0.481 e. The molecule has 0 bridgehead atoms. The van der Waals surface area contributed by atoms with Crippen LogP contribution in [0.4, 0.5) is 4.79 Å². The van der Waals surface area contributed by atoms with Gasteiger partial charge >= 0.3 is 12.0 Å². The third-order valence-corrected chi connectivity index (χ3v) is 3.87. The van der Waals surface area contributed by atoms with Gasteiger partial charge in [-0.15, -0.1) is 0 Å². The van der Waals surface area contributed by atoms with E-state index in [2.05, 4.69) is 12.2 Å². The zero-order chi connectivity index (χ0) is 14.4. The first-order chi connectivity index (χ1) is 8.93. The summed E-state index contributed by atoms with van der Waals surface area (Å²) in [5.74, 6) is -0.212. The van der Waals surface area contributed by atoms with Crippen molar-refractivity contribution in [3.8, 4) is 0 Å². The number of urea groups is 1. The number of nitrogens with zero attached hydrogens (tertiary/aromatic N) is 1. The number of aliphatic carboxylic acids is 1. The number of amides is 2. The molecular weight excluding hydrogens is 244 g/mol. The summed E-state index contributed by atoms with van der Waals surface area (Å²) >= 11 is 0. The van der Waals surface area contributed by atoms with Gasteiger partial charge in [-0.3, -0.25) is 4.79 Å². The number of carbonyl (C=O) groups excluding carboxylic acids is 1. The number of nitrogens with one attached hydrogen (secondary N) is 1. The van der Waals surface area contributed by atoms with Gasteiger partial charge in [-0.1, -0.05) is 19.8 Å². The van der Waals surface area contributed by atoms with Gasteiger partial charge in [0.15, 0.2) is 0 Å². The Hall–Kier alpha value is -1.26. The largest absolute Gasteiger partial charge is 0.481 e. The van der Waals surface area contributed by atoms with Crippen LogP contribution in [0, 0.1) is 5.92 Å². The van der Waals surface area contributed by atoms with Crippen molar-refractivity contribution in [2.24, 2.45) is 5.92 Å². The smallest absolute Gasteiger partial charge is 0.317 e. The highest BCUT2D eigenvalue weighted by molar-refractivity contribution is 5.76. The lowest BCUT2D eigenvalue weighted by molar-refractivity contribution is -0.138. The van der Waals surface area contributed by atoms with Gasteiger partial charge in [-0.25, -0.2) is 4.79 Å². The number of carboxylic acids is 1. The minimum atomic E-state index is -0.870. The van der Waals surface area contributed by atoms with Gasteiger partial charge in [0.2, 0.25) is 0 Å². The maximum atomic E-state index is 12.2. The molecule has 5 nitrogen and oxygen atoms in total. The highest BCUT2D eigenvalue weighted by atomic mass is 16.4. The van der Waals surface area contributed by atoms with Gasteiger partial charge in [-0.05, 0) is 32.6 Å². The summed E-state index contributed by atoms with van der Waals surface area (Å²) in [7, 11) is 0. The number of carboxylic acid groups (broad SMARTS) is 1. The standard InChI is InChI=1S/C14H26N2O3/c1-4-16(11(3)9-13(17)18)14(19)15-12-7-5-6-10(2)8-12/h10-12H,4-9H2,1-3H3,(H,15,19)(H,17,18). The van der Waals surface area contributed by atoms with Crippen LogP contribution in [-0.2, 0) is 4.79 Å². The van der Waals surface area contributed by atoms with E-state index in [-0.39, 0.29) is 24.5 Å². The minimum absolute atomic E-state index is 0.0116. The first-order valence-electron chi connectivity index (χ1n) is 7.23. The molecule has 0 aliphatic heterocycles. The molecule has 1 rings (SSSR count). The van der Waals surface area contributed by atoms with Gasteiger partial charge < -0.3 is 15.3 Å². The molecule has 5 heteroatoms. The quantitative estimate of drug-likeness (QED) is 0.806. The van der Waals surface area contributed by atoms with E-state index in [4.69, 9.17) is 5.11 Å². The lowest BCUT2D eigenvalue weighted by atomic mass is 9.87. The molecule has 0 radical (unpaired) electrons. The second-order valence-electron chi connectivity index (χ2n) is 5.65. The van der Waals surface area contributed by atoms with Gasteiger partial charge in [-0.2, -0.15) is 0 Å². The third kappa shape index (κ3) is 5.09. The van der Waals surface area contributed by atoms with E-state index >= 15 is 0 Å². The highest BCUT2D eigenvalue weighted by Gasteiger charge is 2.25. The molecule has 1 fully saturated rings. The summed E-state index contributed by atoms with van der Waals surface area (Å²) in [6.45, 7) is 6.40. The van der Waals surface area contributed by atoms with Crippen molar-refractivity contribution in [1.82, 2.24) is 10.2 Å². The van der Waals surface area contributed by atoms with E-state index in [1.54, 1.807) is 11.8 Å². The molecule has 0 spiro atoms. The molecule has 0 aromatic heterocycles. The van der Waals surface area contributed by atoms with Crippen molar-refractivity contribution < 1.29 is 14.7 Å². The summed E-state index contributed by atoms with van der Waals surface area (Å²) in [6, 6.07) is -0.166. The second kappa shape index (κ2) is 7.36. The average molecular weight is 270 g/mol. The van der Waals surface area contributed by atoms with Crippen LogP contribution in [0.15, 0.2) is 0 Å². The van der Waals surface area contributed by atoms with Crippen LogP contribution in [-0.4, -0.2) is 40.6 Å². The Kier molecular flexibility index (Phi) is 6.12. The van der Waals surface area contributed by atoms with Crippen LogP contribution in [0.25, 0.3) is 0 Å². The molecule has 110 valence electrons. The first-order valence-corrected chi connectivity index (χ1v) is 7.23. The third-order valence-electron chi connectivity index (χ3n) is 3.87. The lowest BCUT2D eigenvalue weighted by Gasteiger charge is -2.32. The molecule has 1 aliphatic carbocycles. The van der Waals surface area contributed by atoms with Crippen molar-refractivity contribution in [1.29, 1.82) is 0 Å². The van der Waals surface area contributed by atoms with E-state index in [1.807, 2.05) is 6.92 Å². The van der Waals surface area contributed by atoms with E-state index < -0.39 is 5.97 Å². The normalized spacial score (nSPS) is 24.6. The van der Waals surface area contributed by atoms with Gasteiger partial charge in [0.1, 0.15) is 0 Å². The SMILES string of the molecule is CCN(C(=O)NC1CCCC(C)C1)C(C)CC(=O)O. The van der Waals surface area contributed by atoms with Crippen molar-refractivity contribution >= 4 is 12.0 Å². The molecule has 0 heterocycles. The second-order valence-corrected chi connectivity index (χ2v) is 5.65. The fourth-order valence-electron chi connectivity index (χ4n) is 2.84. The lowest BCUT2D eigenvalue weighted by Crippen LogP contribution is -2.49. The maximum Gasteiger partial charge on any atom is 0.317 e. The van der Waals surface area contributed by atoms with E-state index in [9.17, 15) is 9.59 Å². The molecule has 1 saturated carbocycles. The molecule has 2 N–H and O–H groups in total. The van der Waals surface area contributed by atoms with Crippen molar-refractivity contribution in [2.45, 2.75) is 65.0 Å². The zero-order valence-electron chi connectivity index (χ0n) is 12.2. The molecule has 0 aromatic rings. The number of carbonyl (C=O) groups is 2. The number of rotatable bonds is 5. The summed E-state index contributed by atoms with van der Waals surface area (Å²) in [5.41, 5.74) is 0. The Balaban J connectivity index is 2.51. The predicted molar refractivity (Wildman–Crippen MR) is 74.0 cm³/mol. The molecule has 19 heavy (non-hydrogen) atoms. The van der Waals surface area contributed by atoms with E-state index in [0.29, 0.717) is 12.5 Å². The van der Waals surface area contributed by atoms with Crippen molar-refractivity contribution in [2.75, 3.05) is 6.54 Å². The predicted octanol–water partition coefficient (Wildman–Crippen LogP) is 2.46. The molecule has 3 unspecified atom stereocenters. The first kappa shape index (κ1) is 15.8. The Bertz CT molecular complexity index is 320. The van der Waals surface area contributed by atoms with Gasteiger partial charge in [0.05, 0.1) is 6.42 Å². The Morgan fingerprint density at radius 1 is 1.42 bits per heavy atom. The van der Waals surface area contributed by atoms with Crippen LogP contribution in [0.5, 0.6) is 0 Å². The summed E-state index contributed by atoms with van der Waals surface area (Å²) < 4.78 is 0. The molecular formula is C14H26N2O3. The van der Waals surface area contributed by atoms with E-state index in [0.717, 1.165) is 19.3 Å². The Morgan fingerprint density at radius 2 is 2.11 bits per heavy atom. The van der Waals surface area contributed by atoms with Gasteiger partial charge in [0, 0.05) is 18.6 Å². The summed E-state index contributed by atoms with van der Waals surface area (Å²) in [6.07, 6.45) is 4.43. The van der Waals surface area contributed by atoms with E-state index in [1.165, 1.54) is 6.42 Å². The molecule has 0 saturated heterocycles. The van der Waals surface area contributed by atoms with Crippen LogP contribution in [0.2, 0.25) is 0 Å². The van der Waals surface area contributed by atoms with Crippen molar-refractivity contribution in [3.63, 3.8) is 0 Å². The van der Waals surface area contributed by atoms with Gasteiger partial charge in [0.25, 0.3) is 0 Å². The fraction of sp³-hybridized carbons (Fsp3) is 0.857. The molecule has 0 aromatic carbocycles. The van der Waals surface area contributed by atoms with Crippen LogP contribution >= 0.6 is 0 Å². The fourth-order valence-corrected chi connectivity index (χ4v) is 2.84. The Labute approximate surface area is 115 Å². The summed E-state index contributed by atoms with van der Waals surface area (Å²) in [4.78, 5) is 24.5. The highest BCUT2D eigenvalue weighted by Crippen LogP contribution is 2.23. The molecule has 2 amide bonds. The molecule has 3 atom stereocenters. The summed E-state index contributed by atoms with van der Waals surface area (Å²) in [5, 5.41) is 11.9. The average Bonchev–Trinajstić information content (AvgIpc) is 2.28. The Morgan fingerprint density at radius 3 is 2.63 bits per heavy atom. The van der Waals surface area contributed by atoms with Crippen LogP contribution in [0.3, 0.4) is 0 Å². The number of hydrogen-bond donors (Lipinski definition) is 2. The van der Waals surface area contributed by atoms with Crippen molar-refractivity contribution in [3.05, 3.63) is 0 Å². The zero-order valence-corrected chi connectivity index (χ0v) is 12.2. The van der Waals surface area contributed by atoms with Crippen LogP contribution < -0.4 is 5.32 Å².